The number of ether oxygens (including phenoxy) is 2. The van der Waals surface area contributed by atoms with Crippen LogP contribution in [-0.4, -0.2) is 55.5 Å². The summed E-state index contributed by atoms with van der Waals surface area (Å²) in [4.78, 5) is 40.9. The van der Waals surface area contributed by atoms with Crippen LogP contribution in [0.25, 0.3) is 0 Å². The number of rotatable bonds is 7. The number of anilines is 2. The fourth-order valence-electron chi connectivity index (χ4n) is 4.00. The Morgan fingerprint density at radius 2 is 1.82 bits per heavy atom. The molecular formula is C25H29N3O5. The fourth-order valence-corrected chi connectivity index (χ4v) is 4.00. The largest absolute Gasteiger partial charge is 0.484 e. The van der Waals surface area contributed by atoms with Gasteiger partial charge in [-0.05, 0) is 61.6 Å². The number of fused-ring (bicyclic) bond motifs is 1. The number of nitrogens with zero attached hydrogens (tertiary/aromatic N) is 2. The molecule has 1 fully saturated rings. The number of aryl methyl sites for hydroxylation is 1. The van der Waals surface area contributed by atoms with Crippen LogP contribution in [0.5, 0.6) is 11.5 Å². The summed E-state index contributed by atoms with van der Waals surface area (Å²) < 4.78 is 11.1. The zero-order valence-electron chi connectivity index (χ0n) is 18.8. The zero-order valence-corrected chi connectivity index (χ0v) is 18.8. The molecule has 3 amide bonds. The van der Waals surface area contributed by atoms with Crippen molar-refractivity contribution in [2.75, 3.05) is 43.1 Å². The van der Waals surface area contributed by atoms with Gasteiger partial charge in [0, 0.05) is 18.8 Å². The number of likely N-dealkylation sites (tertiary alicyclic amines) is 1. The average Bonchev–Trinajstić information content (AvgIpc) is 2.85. The maximum absolute atomic E-state index is 12.7. The van der Waals surface area contributed by atoms with Crippen LogP contribution in [0.4, 0.5) is 11.4 Å². The summed E-state index contributed by atoms with van der Waals surface area (Å²) in [6.07, 6.45) is 4.03. The van der Waals surface area contributed by atoms with Gasteiger partial charge in [-0.25, -0.2) is 0 Å². The molecule has 0 aromatic heterocycles. The maximum Gasteiger partial charge on any atom is 0.265 e. The summed E-state index contributed by atoms with van der Waals surface area (Å²) in [6, 6.07) is 12.7. The Kier molecular flexibility index (Phi) is 7.12. The number of carbonyl (C=O) groups excluding carboxylic acids is 3. The van der Waals surface area contributed by atoms with E-state index in [9.17, 15) is 14.4 Å². The fraction of sp³-hybridized carbons (Fsp3) is 0.400. The van der Waals surface area contributed by atoms with Crippen molar-refractivity contribution >= 4 is 29.1 Å². The highest BCUT2D eigenvalue weighted by molar-refractivity contribution is 6.03. The molecule has 4 rings (SSSR count). The molecule has 0 aliphatic carbocycles. The second-order valence-electron chi connectivity index (χ2n) is 8.23. The van der Waals surface area contributed by atoms with Crippen molar-refractivity contribution in [2.45, 2.75) is 32.6 Å². The van der Waals surface area contributed by atoms with Gasteiger partial charge in [0.25, 0.3) is 11.8 Å². The lowest BCUT2D eigenvalue weighted by Gasteiger charge is -2.33. The van der Waals surface area contributed by atoms with Crippen LogP contribution < -0.4 is 19.7 Å². The van der Waals surface area contributed by atoms with Gasteiger partial charge in [0.15, 0.2) is 13.2 Å². The molecule has 2 aliphatic rings. The van der Waals surface area contributed by atoms with E-state index in [-0.39, 0.29) is 37.5 Å². The first kappa shape index (κ1) is 22.6. The molecule has 0 unspecified atom stereocenters. The van der Waals surface area contributed by atoms with Crippen LogP contribution in [0.3, 0.4) is 0 Å². The number of hydrogen-bond donors (Lipinski definition) is 1. The van der Waals surface area contributed by atoms with Crippen molar-refractivity contribution in [1.82, 2.24) is 4.90 Å². The summed E-state index contributed by atoms with van der Waals surface area (Å²) in [5.74, 6) is 0.442. The molecule has 8 heteroatoms. The van der Waals surface area contributed by atoms with Crippen molar-refractivity contribution in [1.29, 1.82) is 0 Å². The molecule has 2 heterocycles. The smallest absolute Gasteiger partial charge is 0.265 e. The Bertz CT molecular complexity index is 1020. The third kappa shape index (κ3) is 5.63. The van der Waals surface area contributed by atoms with E-state index in [1.807, 2.05) is 29.2 Å². The Morgan fingerprint density at radius 3 is 2.55 bits per heavy atom. The van der Waals surface area contributed by atoms with Gasteiger partial charge in [-0.2, -0.15) is 0 Å². The van der Waals surface area contributed by atoms with Crippen molar-refractivity contribution in [3.05, 3.63) is 48.0 Å². The minimum absolute atomic E-state index is 0.0382. The molecular weight excluding hydrogens is 422 g/mol. The average molecular weight is 452 g/mol. The molecule has 1 saturated heterocycles. The summed E-state index contributed by atoms with van der Waals surface area (Å²) in [6.45, 7) is 3.23. The molecule has 2 aliphatic heterocycles. The lowest BCUT2D eigenvalue weighted by Crippen LogP contribution is -2.47. The van der Waals surface area contributed by atoms with Crippen LogP contribution in [0.15, 0.2) is 42.5 Å². The molecule has 2 aromatic carbocycles. The SMILES string of the molecule is CCc1ccc(OCC(=O)Nc2ccc3c(c2)N(CC(=O)N2CCCCC2)C(=O)CO3)cc1. The van der Waals surface area contributed by atoms with Gasteiger partial charge >= 0.3 is 0 Å². The molecule has 0 atom stereocenters. The number of nitrogens with one attached hydrogen (secondary N) is 1. The second kappa shape index (κ2) is 10.4. The van der Waals surface area contributed by atoms with Crippen LogP contribution in [0.2, 0.25) is 0 Å². The Labute approximate surface area is 193 Å². The second-order valence-corrected chi connectivity index (χ2v) is 8.23. The van der Waals surface area contributed by atoms with Gasteiger partial charge in [-0.1, -0.05) is 19.1 Å². The van der Waals surface area contributed by atoms with Gasteiger partial charge in [-0.15, -0.1) is 0 Å². The van der Waals surface area contributed by atoms with Gasteiger partial charge in [0.2, 0.25) is 5.91 Å². The van der Waals surface area contributed by atoms with Crippen LogP contribution in [0, 0.1) is 0 Å². The van der Waals surface area contributed by atoms with Crippen LogP contribution >= 0.6 is 0 Å². The van der Waals surface area contributed by atoms with Crippen molar-refractivity contribution in [3.63, 3.8) is 0 Å². The molecule has 0 saturated carbocycles. The van der Waals surface area contributed by atoms with Crippen molar-refractivity contribution < 1.29 is 23.9 Å². The third-order valence-corrected chi connectivity index (χ3v) is 5.89. The third-order valence-electron chi connectivity index (χ3n) is 5.89. The molecule has 8 nitrogen and oxygen atoms in total. The van der Waals surface area contributed by atoms with E-state index in [4.69, 9.17) is 9.47 Å². The molecule has 0 spiro atoms. The van der Waals surface area contributed by atoms with E-state index < -0.39 is 0 Å². The summed E-state index contributed by atoms with van der Waals surface area (Å²) in [7, 11) is 0. The van der Waals surface area contributed by atoms with E-state index in [1.165, 1.54) is 10.5 Å². The summed E-state index contributed by atoms with van der Waals surface area (Å²) in [5, 5.41) is 2.78. The highest BCUT2D eigenvalue weighted by Gasteiger charge is 2.29. The quantitative estimate of drug-likeness (QED) is 0.699. The molecule has 174 valence electrons. The van der Waals surface area contributed by atoms with E-state index in [0.717, 1.165) is 38.8 Å². The van der Waals surface area contributed by atoms with Crippen molar-refractivity contribution in [2.24, 2.45) is 0 Å². The molecule has 0 radical (unpaired) electrons. The highest BCUT2D eigenvalue weighted by Crippen LogP contribution is 2.34. The predicted octanol–water partition coefficient (Wildman–Crippen LogP) is 3.00. The highest BCUT2D eigenvalue weighted by atomic mass is 16.5. The number of benzene rings is 2. The predicted molar refractivity (Wildman–Crippen MR) is 125 cm³/mol. The van der Waals surface area contributed by atoms with Crippen LogP contribution in [0.1, 0.15) is 31.7 Å². The first-order valence-corrected chi connectivity index (χ1v) is 11.4. The topological polar surface area (TPSA) is 88.2 Å². The first-order chi connectivity index (χ1) is 16.0. The zero-order chi connectivity index (χ0) is 23.2. The number of carbonyl (C=O) groups is 3. The monoisotopic (exact) mass is 451 g/mol. The molecule has 0 bridgehead atoms. The van der Waals surface area contributed by atoms with E-state index in [0.29, 0.717) is 22.9 Å². The van der Waals surface area contributed by atoms with Crippen LogP contribution in [-0.2, 0) is 20.8 Å². The Morgan fingerprint density at radius 1 is 1.06 bits per heavy atom. The van der Waals surface area contributed by atoms with Crippen molar-refractivity contribution in [3.8, 4) is 11.5 Å². The number of piperidine rings is 1. The maximum atomic E-state index is 12.7. The normalized spacial score (nSPS) is 15.5. The number of hydrogen-bond acceptors (Lipinski definition) is 5. The summed E-state index contributed by atoms with van der Waals surface area (Å²) in [5.41, 5.74) is 2.17. The van der Waals surface area contributed by atoms with Gasteiger partial charge in [-0.3, -0.25) is 19.3 Å². The molecule has 33 heavy (non-hydrogen) atoms. The van der Waals surface area contributed by atoms with E-state index in [2.05, 4.69) is 12.2 Å². The Hall–Kier alpha value is -3.55. The Balaban J connectivity index is 1.40. The van der Waals surface area contributed by atoms with Gasteiger partial charge < -0.3 is 19.7 Å². The van der Waals surface area contributed by atoms with E-state index in [1.54, 1.807) is 18.2 Å². The minimum Gasteiger partial charge on any atom is -0.484 e. The summed E-state index contributed by atoms with van der Waals surface area (Å²) >= 11 is 0. The number of amides is 3. The molecule has 1 N–H and O–H groups in total. The van der Waals surface area contributed by atoms with Gasteiger partial charge in [0.1, 0.15) is 18.0 Å². The minimum atomic E-state index is -0.325. The lowest BCUT2D eigenvalue weighted by atomic mass is 10.1. The lowest BCUT2D eigenvalue weighted by molar-refractivity contribution is -0.132. The van der Waals surface area contributed by atoms with Gasteiger partial charge in [0.05, 0.1) is 5.69 Å². The standard InChI is InChI=1S/C25H29N3O5/c1-2-18-6-9-20(10-7-18)32-16-23(29)26-19-8-11-22-21(14-19)28(25(31)17-33-22)15-24(30)27-12-4-3-5-13-27/h6-11,14H,2-5,12-13,15-17H2,1H3,(H,26,29). The molecule has 2 aromatic rings. The van der Waals surface area contributed by atoms with E-state index >= 15 is 0 Å². The first-order valence-electron chi connectivity index (χ1n) is 11.4.